The Hall–Kier alpha value is -4.25. The molecule has 2 aliphatic heterocycles. The SMILES string of the molecule is N#Cc1ccc(C(=O)Nc2ccc3n(c2=O)CC2CC3CN(C(=O)c3cccnc3)C2)cc1. The number of pyridine rings is 2. The maximum atomic E-state index is 13.2. The van der Waals surface area contributed by atoms with Gasteiger partial charge >= 0.3 is 0 Å². The Bertz CT molecular complexity index is 1320. The topological polar surface area (TPSA) is 108 Å². The normalized spacial score (nSPS) is 18.7. The van der Waals surface area contributed by atoms with Crippen molar-refractivity contribution in [1.29, 1.82) is 5.26 Å². The van der Waals surface area contributed by atoms with Crippen molar-refractivity contribution in [2.24, 2.45) is 5.92 Å². The predicted molar refractivity (Wildman–Crippen MR) is 121 cm³/mol. The second-order valence-corrected chi connectivity index (χ2v) is 8.48. The lowest BCUT2D eigenvalue weighted by atomic mass is 9.83. The van der Waals surface area contributed by atoms with Crippen molar-refractivity contribution < 1.29 is 9.59 Å². The van der Waals surface area contributed by atoms with Crippen LogP contribution in [-0.2, 0) is 6.54 Å². The fraction of sp³-hybridized carbons (Fsp3) is 0.240. The lowest BCUT2D eigenvalue weighted by Gasteiger charge is -2.42. The molecule has 0 aliphatic carbocycles. The molecule has 8 heteroatoms. The Morgan fingerprint density at radius 3 is 2.58 bits per heavy atom. The van der Waals surface area contributed by atoms with Gasteiger partial charge in [-0.2, -0.15) is 5.26 Å². The van der Waals surface area contributed by atoms with Crippen LogP contribution in [0.3, 0.4) is 0 Å². The highest BCUT2D eigenvalue weighted by molar-refractivity contribution is 6.04. The number of likely N-dealkylation sites (tertiary alicyclic amines) is 1. The smallest absolute Gasteiger partial charge is 0.274 e. The van der Waals surface area contributed by atoms with Crippen molar-refractivity contribution in [3.8, 4) is 6.07 Å². The number of hydrogen-bond acceptors (Lipinski definition) is 5. The molecule has 0 spiro atoms. The van der Waals surface area contributed by atoms with Crippen LogP contribution in [0.25, 0.3) is 0 Å². The first kappa shape index (κ1) is 20.6. The zero-order valence-electron chi connectivity index (χ0n) is 17.8. The molecule has 2 aromatic heterocycles. The maximum Gasteiger partial charge on any atom is 0.274 e. The van der Waals surface area contributed by atoms with Gasteiger partial charge in [0.2, 0.25) is 0 Å². The minimum atomic E-state index is -0.401. The second kappa shape index (κ2) is 8.36. The number of hydrogen-bond donors (Lipinski definition) is 1. The summed E-state index contributed by atoms with van der Waals surface area (Å²) in [6.07, 6.45) is 4.14. The van der Waals surface area contributed by atoms with Crippen LogP contribution >= 0.6 is 0 Å². The summed E-state index contributed by atoms with van der Waals surface area (Å²) in [5.74, 6) is -0.213. The highest BCUT2D eigenvalue weighted by atomic mass is 16.2. The number of anilines is 1. The summed E-state index contributed by atoms with van der Waals surface area (Å²) in [5, 5.41) is 11.6. The number of nitrogens with one attached hydrogen (secondary N) is 1. The van der Waals surface area contributed by atoms with E-state index in [1.54, 1.807) is 59.4 Å². The fourth-order valence-corrected chi connectivity index (χ4v) is 4.77. The van der Waals surface area contributed by atoms with Gasteiger partial charge in [0.25, 0.3) is 17.4 Å². The molecule has 2 unspecified atom stereocenters. The third-order valence-electron chi connectivity index (χ3n) is 6.32. The molecule has 1 saturated heterocycles. The Balaban J connectivity index is 1.36. The average Bonchev–Trinajstić information content (AvgIpc) is 2.86. The molecule has 2 amide bonds. The van der Waals surface area contributed by atoms with Crippen molar-refractivity contribution in [2.45, 2.75) is 18.9 Å². The van der Waals surface area contributed by atoms with E-state index in [0.29, 0.717) is 36.3 Å². The van der Waals surface area contributed by atoms with E-state index in [4.69, 9.17) is 5.26 Å². The van der Waals surface area contributed by atoms with Gasteiger partial charge in [-0.3, -0.25) is 19.4 Å². The van der Waals surface area contributed by atoms with Gasteiger partial charge in [-0.25, -0.2) is 0 Å². The van der Waals surface area contributed by atoms with Crippen LogP contribution in [-0.4, -0.2) is 39.4 Å². The van der Waals surface area contributed by atoms with E-state index in [2.05, 4.69) is 10.3 Å². The third-order valence-corrected chi connectivity index (χ3v) is 6.32. The van der Waals surface area contributed by atoms with Gasteiger partial charge in [0.05, 0.1) is 17.2 Å². The fourth-order valence-electron chi connectivity index (χ4n) is 4.77. The molecule has 1 aromatic carbocycles. The summed E-state index contributed by atoms with van der Waals surface area (Å²) < 4.78 is 1.74. The molecule has 2 aliphatic rings. The molecule has 2 atom stereocenters. The maximum absolute atomic E-state index is 13.2. The zero-order valence-corrected chi connectivity index (χ0v) is 17.8. The second-order valence-electron chi connectivity index (χ2n) is 8.48. The van der Waals surface area contributed by atoms with Crippen molar-refractivity contribution in [2.75, 3.05) is 18.4 Å². The largest absolute Gasteiger partial charge is 0.338 e. The van der Waals surface area contributed by atoms with E-state index in [9.17, 15) is 14.4 Å². The molecule has 5 rings (SSSR count). The van der Waals surface area contributed by atoms with Crippen molar-refractivity contribution in [1.82, 2.24) is 14.5 Å². The minimum Gasteiger partial charge on any atom is -0.338 e. The summed E-state index contributed by atoms with van der Waals surface area (Å²) in [4.78, 5) is 44.6. The lowest BCUT2D eigenvalue weighted by Crippen LogP contribution is -2.49. The zero-order chi connectivity index (χ0) is 22.9. The highest BCUT2D eigenvalue weighted by Gasteiger charge is 2.37. The molecular weight excluding hydrogens is 418 g/mol. The Morgan fingerprint density at radius 1 is 1.03 bits per heavy atom. The first-order valence-electron chi connectivity index (χ1n) is 10.8. The Kier molecular flexibility index (Phi) is 5.23. The number of nitrogens with zero attached hydrogens (tertiary/aromatic N) is 4. The Morgan fingerprint density at radius 2 is 1.85 bits per heavy atom. The molecule has 164 valence electrons. The molecule has 1 N–H and O–H groups in total. The number of piperidine rings is 1. The van der Waals surface area contributed by atoms with Crippen LogP contribution < -0.4 is 10.9 Å². The van der Waals surface area contributed by atoms with E-state index >= 15 is 0 Å². The molecule has 2 bridgehead atoms. The predicted octanol–water partition coefficient (Wildman–Crippen LogP) is 2.63. The summed E-state index contributed by atoms with van der Waals surface area (Å²) in [5.41, 5.74) is 2.26. The van der Waals surface area contributed by atoms with Gasteiger partial charge in [0, 0.05) is 49.2 Å². The molecule has 1 fully saturated rings. The molecule has 3 aromatic rings. The number of rotatable bonds is 3. The van der Waals surface area contributed by atoms with E-state index in [1.165, 1.54) is 0 Å². The number of fused-ring (bicyclic) bond motifs is 4. The first-order chi connectivity index (χ1) is 16.0. The molecule has 4 heterocycles. The van der Waals surface area contributed by atoms with Crippen LogP contribution in [0.15, 0.2) is 65.7 Å². The van der Waals surface area contributed by atoms with E-state index < -0.39 is 5.91 Å². The third kappa shape index (κ3) is 3.89. The van der Waals surface area contributed by atoms with Crippen LogP contribution in [0.5, 0.6) is 0 Å². The summed E-state index contributed by atoms with van der Waals surface area (Å²) in [7, 11) is 0. The van der Waals surface area contributed by atoms with E-state index in [-0.39, 0.29) is 29.0 Å². The molecule has 33 heavy (non-hydrogen) atoms. The summed E-state index contributed by atoms with van der Waals surface area (Å²) in [6.45, 7) is 1.63. The summed E-state index contributed by atoms with van der Waals surface area (Å²) in [6, 6.07) is 15.3. The number of nitriles is 1. The number of carbonyl (C=O) groups is 2. The van der Waals surface area contributed by atoms with E-state index in [1.807, 2.05) is 17.0 Å². The monoisotopic (exact) mass is 439 g/mol. The van der Waals surface area contributed by atoms with Crippen LogP contribution in [0.1, 0.15) is 44.3 Å². The van der Waals surface area contributed by atoms with E-state index in [0.717, 1.165) is 12.1 Å². The molecule has 8 nitrogen and oxygen atoms in total. The van der Waals surface area contributed by atoms with Crippen LogP contribution in [0.2, 0.25) is 0 Å². The molecule has 0 saturated carbocycles. The van der Waals surface area contributed by atoms with Gasteiger partial charge in [-0.05, 0) is 60.9 Å². The van der Waals surface area contributed by atoms with Gasteiger partial charge in [0.15, 0.2) is 0 Å². The highest BCUT2D eigenvalue weighted by Crippen LogP contribution is 2.36. The van der Waals surface area contributed by atoms with Gasteiger partial charge in [-0.1, -0.05) is 0 Å². The van der Waals surface area contributed by atoms with Crippen LogP contribution in [0, 0.1) is 17.2 Å². The van der Waals surface area contributed by atoms with Crippen molar-refractivity contribution in [3.63, 3.8) is 0 Å². The number of aromatic nitrogens is 2. The number of benzene rings is 1. The molecular formula is C25H21N5O3. The van der Waals surface area contributed by atoms with Gasteiger partial charge < -0.3 is 14.8 Å². The number of carbonyl (C=O) groups excluding carboxylic acids is 2. The number of amides is 2. The minimum absolute atomic E-state index is 0.0418. The van der Waals surface area contributed by atoms with Crippen LogP contribution in [0.4, 0.5) is 5.69 Å². The van der Waals surface area contributed by atoms with Crippen molar-refractivity contribution in [3.05, 3.63) is 93.7 Å². The quantitative estimate of drug-likeness (QED) is 0.675. The Labute approximate surface area is 190 Å². The van der Waals surface area contributed by atoms with Crippen molar-refractivity contribution >= 4 is 17.5 Å². The summed E-state index contributed by atoms with van der Waals surface area (Å²) >= 11 is 0. The lowest BCUT2D eigenvalue weighted by molar-refractivity contribution is 0.0594. The average molecular weight is 439 g/mol. The molecule has 0 radical (unpaired) electrons. The first-order valence-corrected chi connectivity index (χ1v) is 10.8. The standard InChI is InChI=1S/C25H21N5O3/c26-11-16-3-5-18(6-4-16)23(31)28-21-7-8-22-20-10-17(14-30(22)25(21)33)13-29(15-20)24(32)19-2-1-9-27-12-19/h1-9,12,17,20H,10,13-15H2,(H,28,31). The van der Waals surface area contributed by atoms with Gasteiger partial charge in [-0.15, -0.1) is 0 Å². The van der Waals surface area contributed by atoms with Gasteiger partial charge in [0.1, 0.15) is 5.69 Å².